The van der Waals surface area contributed by atoms with Gasteiger partial charge in [0, 0.05) is 36.3 Å². The second-order valence-electron chi connectivity index (χ2n) is 4.96. The first-order valence-electron chi connectivity index (χ1n) is 7.17. The number of rotatable bonds is 6. The highest BCUT2D eigenvalue weighted by molar-refractivity contribution is 5.58. The Hall–Kier alpha value is -3.22. The van der Waals surface area contributed by atoms with Crippen LogP contribution in [0.25, 0.3) is 11.4 Å². The molecule has 0 aliphatic rings. The molecule has 1 heterocycles. The summed E-state index contributed by atoms with van der Waals surface area (Å²) >= 11 is 0. The smallest absolute Gasteiger partial charge is 0.270 e. The predicted molar refractivity (Wildman–Crippen MR) is 87.1 cm³/mol. The van der Waals surface area contributed by atoms with E-state index in [1.165, 1.54) is 12.1 Å². The molecule has 3 rings (SSSR count). The fraction of sp³-hybridized carbons (Fsp3) is 0.125. The SMILES string of the molecule is O=[N+]([O-])c1cccc(-c2n[nH]c(CCNc3ccccc3)n2)c1. The van der Waals surface area contributed by atoms with Gasteiger partial charge < -0.3 is 5.32 Å². The minimum Gasteiger partial charge on any atom is -0.385 e. The van der Waals surface area contributed by atoms with Crippen LogP contribution in [0.4, 0.5) is 11.4 Å². The first-order chi connectivity index (χ1) is 11.2. The number of aromatic amines is 1. The lowest BCUT2D eigenvalue weighted by molar-refractivity contribution is -0.384. The van der Waals surface area contributed by atoms with Gasteiger partial charge >= 0.3 is 0 Å². The minimum absolute atomic E-state index is 0.0274. The van der Waals surface area contributed by atoms with Gasteiger partial charge in [0.1, 0.15) is 5.82 Å². The summed E-state index contributed by atoms with van der Waals surface area (Å²) < 4.78 is 0. The maximum absolute atomic E-state index is 10.8. The molecule has 7 heteroatoms. The Balaban J connectivity index is 1.64. The predicted octanol–water partition coefficient (Wildman–Crippen LogP) is 3.03. The van der Waals surface area contributed by atoms with Gasteiger partial charge in [-0.05, 0) is 12.1 Å². The number of hydrogen-bond acceptors (Lipinski definition) is 5. The van der Waals surface area contributed by atoms with Gasteiger partial charge in [0.25, 0.3) is 5.69 Å². The summed E-state index contributed by atoms with van der Waals surface area (Å²) in [6, 6.07) is 16.2. The van der Waals surface area contributed by atoms with Crippen molar-refractivity contribution in [2.45, 2.75) is 6.42 Å². The number of non-ortho nitro benzene ring substituents is 1. The number of anilines is 1. The highest BCUT2D eigenvalue weighted by Crippen LogP contribution is 2.20. The standard InChI is InChI=1S/C16H15N5O2/c22-21(23)14-8-4-5-12(11-14)16-18-15(19-20-16)9-10-17-13-6-2-1-3-7-13/h1-8,11,17H,9-10H2,(H,18,19,20). The molecule has 0 amide bonds. The van der Waals surface area contributed by atoms with Crippen LogP contribution in [0, 0.1) is 10.1 Å². The summed E-state index contributed by atoms with van der Waals surface area (Å²) in [4.78, 5) is 14.8. The fourth-order valence-corrected chi connectivity index (χ4v) is 2.18. The van der Waals surface area contributed by atoms with Gasteiger partial charge in [-0.1, -0.05) is 30.3 Å². The topological polar surface area (TPSA) is 96.7 Å². The molecule has 0 radical (unpaired) electrons. The molecule has 7 nitrogen and oxygen atoms in total. The van der Waals surface area contributed by atoms with Gasteiger partial charge in [0.15, 0.2) is 5.82 Å². The van der Waals surface area contributed by atoms with Gasteiger partial charge in [0.2, 0.25) is 0 Å². The number of nitrogens with zero attached hydrogens (tertiary/aromatic N) is 3. The molecule has 0 bridgehead atoms. The van der Waals surface area contributed by atoms with Crippen molar-refractivity contribution in [1.82, 2.24) is 15.2 Å². The molecule has 23 heavy (non-hydrogen) atoms. The largest absolute Gasteiger partial charge is 0.385 e. The Bertz CT molecular complexity index is 801. The summed E-state index contributed by atoms with van der Waals surface area (Å²) in [7, 11) is 0. The number of para-hydroxylation sites is 1. The molecular formula is C16H15N5O2. The molecular weight excluding hydrogens is 294 g/mol. The van der Waals surface area contributed by atoms with Crippen LogP contribution in [0.5, 0.6) is 0 Å². The van der Waals surface area contributed by atoms with Crippen LogP contribution >= 0.6 is 0 Å². The molecule has 2 aromatic carbocycles. The third kappa shape index (κ3) is 3.70. The van der Waals surface area contributed by atoms with Crippen LogP contribution in [-0.4, -0.2) is 26.6 Å². The second kappa shape index (κ2) is 6.69. The van der Waals surface area contributed by atoms with Crippen molar-refractivity contribution < 1.29 is 4.92 Å². The van der Waals surface area contributed by atoms with Gasteiger partial charge in [-0.3, -0.25) is 15.2 Å². The monoisotopic (exact) mass is 309 g/mol. The van der Waals surface area contributed by atoms with E-state index in [4.69, 9.17) is 0 Å². The lowest BCUT2D eigenvalue weighted by Gasteiger charge is -2.03. The number of nitro benzene ring substituents is 1. The number of benzene rings is 2. The van der Waals surface area contributed by atoms with Gasteiger partial charge in [-0.25, -0.2) is 4.98 Å². The number of H-pyrrole nitrogens is 1. The first-order valence-corrected chi connectivity index (χ1v) is 7.17. The summed E-state index contributed by atoms with van der Waals surface area (Å²) in [6.07, 6.45) is 0.677. The second-order valence-corrected chi connectivity index (χ2v) is 4.96. The number of nitrogens with one attached hydrogen (secondary N) is 2. The molecule has 0 aliphatic heterocycles. The highest BCUT2D eigenvalue weighted by atomic mass is 16.6. The van der Waals surface area contributed by atoms with Crippen LogP contribution in [-0.2, 0) is 6.42 Å². The van der Waals surface area contributed by atoms with E-state index in [0.717, 1.165) is 11.5 Å². The van der Waals surface area contributed by atoms with E-state index in [9.17, 15) is 10.1 Å². The van der Waals surface area contributed by atoms with Crippen LogP contribution in [0.1, 0.15) is 5.82 Å². The van der Waals surface area contributed by atoms with Crippen LogP contribution in [0.2, 0.25) is 0 Å². The maximum Gasteiger partial charge on any atom is 0.270 e. The van der Waals surface area contributed by atoms with Crippen LogP contribution in [0.15, 0.2) is 54.6 Å². The molecule has 0 spiro atoms. The summed E-state index contributed by atoms with van der Waals surface area (Å²) in [6.45, 7) is 0.716. The quantitative estimate of drug-likeness (QED) is 0.539. The number of hydrogen-bond donors (Lipinski definition) is 2. The van der Waals surface area contributed by atoms with E-state index in [2.05, 4.69) is 20.5 Å². The van der Waals surface area contributed by atoms with E-state index in [1.807, 2.05) is 30.3 Å². The molecule has 0 atom stereocenters. The zero-order valence-corrected chi connectivity index (χ0v) is 12.3. The van der Waals surface area contributed by atoms with Gasteiger partial charge in [-0.2, -0.15) is 5.10 Å². The molecule has 3 aromatic rings. The Morgan fingerprint density at radius 3 is 2.74 bits per heavy atom. The average Bonchev–Trinajstić information content (AvgIpc) is 3.05. The summed E-state index contributed by atoms with van der Waals surface area (Å²) in [5, 5.41) is 21.1. The lowest BCUT2D eigenvalue weighted by atomic mass is 10.2. The van der Waals surface area contributed by atoms with Gasteiger partial charge in [0.05, 0.1) is 4.92 Å². The molecule has 0 fully saturated rings. The first kappa shape index (κ1) is 14.7. The Labute approximate surface area is 132 Å². The van der Waals surface area contributed by atoms with Crippen LogP contribution in [0.3, 0.4) is 0 Å². The van der Waals surface area contributed by atoms with E-state index < -0.39 is 4.92 Å². The maximum atomic E-state index is 10.8. The number of aromatic nitrogens is 3. The third-order valence-electron chi connectivity index (χ3n) is 3.31. The van der Waals surface area contributed by atoms with Crippen molar-refractivity contribution in [3.63, 3.8) is 0 Å². The lowest BCUT2D eigenvalue weighted by Crippen LogP contribution is -2.05. The molecule has 1 aromatic heterocycles. The summed E-state index contributed by atoms with van der Waals surface area (Å²) in [5.74, 6) is 1.19. The molecule has 0 aliphatic carbocycles. The van der Waals surface area contributed by atoms with Crippen molar-refractivity contribution in [2.24, 2.45) is 0 Å². The van der Waals surface area contributed by atoms with Crippen molar-refractivity contribution in [3.8, 4) is 11.4 Å². The third-order valence-corrected chi connectivity index (χ3v) is 3.31. The van der Waals surface area contributed by atoms with Crippen molar-refractivity contribution in [2.75, 3.05) is 11.9 Å². The number of nitro groups is 1. The van der Waals surface area contributed by atoms with E-state index in [-0.39, 0.29) is 5.69 Å². The molecule has 0 saturated heterocycles. The molecule has 2 N–H and O–H groups in total. The Morgan fingerprint density at radius 2 is 1.96 bits per heavy atom. The highest BCUT2D eigenvalue weighted by Gasteiger charge is 2.10. The fourth-order valence-electron chi connectivity index (χ4n) is 2.18. The van der Waals surface area contributed by atoms with E-state index in [1.54, 1.807) is 12.1 Å². The van der Waals surface area contributed by atoms with E-state index >= 15 is 0 Å². The van der Waals surface area contributed by atoms with Crippen molar-refractivity contribution in [3.05, 3.63) is 70.5 Å². The van der Waals surface area contributed by atoms with E-state index in [0.29, 0.717) is 24.4 Å². The zero-order valence-electron chi connectivity index (χ0n) is 12.3. The summed E-state index contributed by atoms with van der Waals surface area (Å²) in [5.41, 5.74) is 1.70. The normalized spacial score (nSPS) is 10.4. The van der Waals surface area contributed by atoms with Crippen molar-refractivity contribution >= 4 is 11.4 Å². The molecule has 116 valence electrons. The van der Waals surface area contributed by atoms with Crippen LogP contribution < -0.4 is 5.32 Å². The van der Waals surface area contributed by atoms with Crippen molar-refractivity contribution in [1.29, 1.82) is 0 Å². The van der Waals surface area contributed by atoms with Gasteiger partial charge in [-0.15, -0.1) is 0 Å². The average molecular weight is 309 g/mol. The zero-order chi connectivity index (χ0) is 16.1. The Kier molecular flexibility index (Phi) is 4.28. The minimum atomic E-state index is -0.430. The molecule has 0 unspecified atom stereocenters. The molecule has 0 saturated carbocycles. The Morgan fingerprint density at radius 1 is 1.13 bits per heavy atom.